The number of hydrogen-bond acceptors (Lipinski definition) is 2. The van der Waals surface area contributed by atoms with Crippen molar-refractivity contribution in [2.75, 3.05) is 19.5 Å². The maximum atomic E-state index is 5.58. The Morgan fingerprint density at radius 3 is 2.50 bits per heavy atom. The van der Waals surface area contributed by atoms with E-state index < -0.39 is 0 Å². The van der Waals surface area contributed by atoms with Gasteiger partial charge in [-0.3, -0.25) is 0 Å². The average Bonchev–Trinajstić information content (AvgIpc) is 1.99. The molecule has 2 nitrogen and oxygen atoms in total. The Labute approximate surface area is 67.9 Å². The number of rotatable bonds is 5. The predicted octanol–water partition coefficient (Wildman–Crippen LogP) is 1.24. The van der Waals surface area contributed by atoms with Crippen LogP contribution in [0.5, 0.6) is 0 Å². The van der Waals surface area contributed by atoms with E-state index >= 15 is 0 Å². The lowest BCUT2D eigenvalue weighted by molar-refractivity contribution is 0.115. The van der Waals surface area contributed by atoms with E-state index in [1.807, 2.05) is 6.92 Å². The molecule has 0 aromatic heterocycles. The summed E-state index contributed by atoms with van der Waals surface area (Å²) in [5, 5.41) is 3.23. The van der Waals surface area contributed by atoms with Gasteiger partial charge in [-0.15, -0.1) is 11.6 Å². The van der Waals surface area contributed by atoms with Crippen LogP contribution in [0.3, 0.4) is 0 Å². The molecule has 2 unspecified atom stereocenters. The van der Waals surface area contributed by atoms with Gasteiger partial charge in [-0.1, -0.05) is 0 Å². The summed E-state index contributed by atoms with van der Waals surface area (Å²) in [6.45, 7) is 4.94. The molecule has 0 radical (unpaired) electrons. The molecule has 0 aromatic rings. The fourth-order valence-corrected chi connectivity index (χ4v) is 0.614. The number of nitrogens with one attached hydrogen (secondary N) is 1. The van der Waals surface area contributed by atoms with E-state index in [1.54, 1.807) is 7.11 Å². The minimum atomic E-state index is 0.269. The Morgan fingerprint density at radius 1 is 1.50 bits per heavy atom. The van der Waals surface area contributed by atoms with E-state index in [0.29, 0.717) is 11.9 Å². The highest BCUT2D eigenvalue weighted by molar-refractivity contribution is 6.18. The van der Waals surface area contributed by atoms with E-state index in [4.69, 9.17) is 16.3 Å². The smallest absolute Gasteiger partial charge is 0.0667 e. The molecular weight excluding hydrogens is 150 g/mol. The highest BCUT2D eigenvalue weighted by Gasteiger charge is 2.01. The molecule has 3 heteroatoms. The second-order valence-corrected chi connectivity index (χ2v) is 2.82. The summed E-state index contributed by atoms with van der Waals surface area (Å²) in [6.07, 6.45) is 0.269. The van der Waals surface area contributed by atoms with Gasteiger partial charge in [0.1, 0.15) is 0 Å². The minimum Gasteiger partial charge on any atom is -0.380 e. The standard InChI is InChI=1S/C7H16ClNO/c1-6(4-8)9-5-7(2)10-3/h6-7,9H,4-5H2,1-3H3. The van der Waals surface area contributed by atoms with E-state index in [0.717, 1.165) is 6.54 Å². The summed E-state index contributed by atoms with van der Waals surface area (Å²) in [5.74, 6) is 0.649. The van der Waals surface area contributed by atoms with Crippen LogP contribution in [0.1, 0.15) is 13.8 Å². The summed E-state index contributed by atoms with van der Waals surface area (Å²) in [5.41, 5.74) is 0. The molecule has 0 rings (SSSR count). The largest absolute Gasteiger partial charge is 0.380 e. The SMILES string of the molecule is COC(C)CNC(C)CCl. The van der Waals surface area contributed by atoms with Crippen LogP contribution < -0.4 is 5.32 Å². The quantitative estimate of drug-likeness (QED) is 0.619. The summed E-state index contributed by atoms with van der Waals surface area (Å²) in [4.78, 5) is 0. The van der Waals surface area contributed by atoms with Crippen LogP contribution in [-0.4, -0.2) is 31.7 Å². The summed E-state index contributed by atoms with van der Waals surface area (Å²) in [6, 6.07) is 0.374. The summed E-state index contributed by atoms with van der Waals surface area (Å²) >= 11 is 5.58. The first-order valence-corrected chi connectivity index (χ1v) is 4.06. The van der Waals surface area contributed by atoms with Gasteiger partial charge in [-0.2, -0.15) is 0 Å². The third-order valence-electron chi connectivity index (χ3n) is 1.39. The van der Waals surface area contributed by atoms with Crippen molar-refractivity contribution >= 4 is 11.6 Å². The maximum Gasteiger partial charge on any atom is 0.0667 e. The van der Waals surface area contributed by atoms with E-state index in [9.17, 15) is 0 Å². The molecule has 62 valence electrons. The second-order valence-electron chi connectivity index (χ2n) is 2.51. The summed E-state index contributed by atoms with van der Waals surface area (Å²) < 4.78 is 5.04. The molecule has 0 saturated carbocycles. The summed E-state index contributed by atoms with van der Waals surface area (Å²) in [7, 11) is 1.71. The first-order chi connectivity index (χ1) is 4.70. The average molecular weight is 166 g/mol. The van der Waals surface area contributed by atoms with E-state index in [2.05, 4.69) is 12.2 Å². The molecule has 1 N–H and O–H groups in total. The highest BCUT2D eigenvalue weighted by atomic mass is 35.5. The molecule has 0 amide bonds. The molecule has 0 aromatic carbocycles. The monoisotopic (exact) mass is 165 g/mol. The molecule has 0 aliphatic carbocycles. The van der Waals surface area contributed by atoms with Crippen molar-refractivity contribution in [2.45, 2.75) is 26.0 Å². The molecule has 0 fully saturated rings. The Balaban J connectivity index is 3.17. The van der Waals surface area contributed by atoms with Gasteiger partial charge in [0.2, 0.25) is 0 Å². The van der Waals surface area contributed by atoms with Crippen molar-refractivity contribution in [1.82, 2.24) is 5.32 Å². The molecular formula is C7H16ClNO. The molecule has 0 heterocycles. The van der Waals surface area contributed by atoms with Crippen LogP contribution in [-0.2, 0) is 4.74 Å². The zero-order valence-corrected chi connectivity index (χ0v) is 7.61. The zero-order chi connectivity index (χ0) is 7.98. The molecule has 0 saturated heterocycles. The molecule has 0 bridgehead atoms. The van der Waals surface area contributed by atoms with Gasteiger partial charge in [-0.05, 0) is 13.8 Å². The fraction of sp³-hybridized carbons (Fsp3) is 1.00. The van der Waals surface area contributed by atoms with Crippen molar-refractivity contribution in [2.24, 2.45) is 0 Å². The van der Waals surface area contributed by atoms with Crippen molar-refractivity contribution in [3.63, 3.8) is 0 Å². The van der Waals surface area contributed by atoms with Gasteiger partial charge in [0, 0.05) is 25.6 Å². The van der Waals surface area contributed by atoms with Gasteiger partial charge >= 0.3 is 0 Å². The Hall–Kier alpha value is 0.210. The maximum absolute atomic E-state index is 5.58. The molecule has 2 atom stereocenters. The minimum absolute atomic E-state index is 0.269. The Bertz CT molecular complexity index is 70.0. The highest BCUT2D eigenvalue weighted by Crippen LogP contribution is 1.88. The van der Waals surface area contributed by atoms with Crippen LogP contribution in [0.15, 0.2) is 0 Å². The van der Waals surface area contributed by atoms with Crippen molar-refractivity contribution in [3.8, 4) is 0 Å². The lowest BCUT2D eigenvalue weighted by atomic mass is 10.3. The topological polar surface area (TPSA) is 21.3 Å². The van der Waals surface area contributed by atoms with Crippen molar-refractivity contribution < 1.29 is 4.74 Å². The lowest BCUT2D eigenvalue weighted by Gasteiger charge is -2.14. The van der Waals surface area contributed by atoms with Crippen molar-refractivity contribution in [1.29, 1.82) is 0 Å². The molecule has 0 aliphatic heterocycles. The first-order valence-electron chi connectivity index (χ1n) is 3.52. The third-order valence-corrected chi connectivity index (χ3v) is 1.85. The first kappa shape index (κ1) is 10.2. The Kier molecular flexibility index (Phi) is 6.08. The zero-order valence-electron chi connectivity index (χ0n) is 6.86. The number of ether oxygens (including phenoxy) is 1. The van der Waals surface area contributed by atoms with Gasteiger partial charge in [0.15, 0.2) is 0 Å². The van der Waals surface area contributed by atoms with Crippen LogP contribution in [0.4, 0.5) is 0 Å². The number of hydrogen-bond donors (Lipinski definition) is 1. The predicted molar refractivity (Wildman–Crippen MR) is 44.7 cm³/mol. The normalized spacial score (nSPS) is 16.8. The third kappa shape index (κ3) is 5.03. The molecule has 10 heavy (non-hydrogen) atoms. The van der Waals surface area contributed by atoms with Crippen molar-refractivity contribution in [3.05, 3.63) is 0 Å². The number of methoxy groups -OCH3 is 1. The Morgan fingerprint density at radius 2 is 2.10 bits per heavy atom. The number of halogens is 1. The lowest BCUT2D eigenvalue weighted by Crippen LogP contribution is -2.34. The van der Waals surface area contributed by atoms with Gasteiger partial charge in [-0.25, -0.2) is 0 Å². The van der Waals surface area contributed by atoms with Crippen LogP contribution >= 0.6 is 11.6 Å². The molecule has 0 spiro atoms. The van der Waals surface area contributed by atoms with E-state index in [1.165, 1.54) is 0 Å². The van der Waals surface area contributed by atoms with Gasteiger partial charge in [0.25, 0.3) is 0 Å². The fourth-order valence-electron chi connectivity index (χ4n) is 0.505. The van der Waals surface area contributed by atoms with E-state index in [-0.39, 0.29) is 6.10 Å². The van der Waals surface area contributed by atoms with Crippen LogP contribution in [0.2, 0.25) is 0 Å². The second kappa shape index (κ2) is 5.96. The molecule has 0 aliphatic rings. The van der Waals surface area contributed by atoms with Gasteiger partial charge < -0.3 is 10.1 Å². The van der Waals surface area contributed by atoms with Crippen LogP contribution in [0, 0.1) is 0 Å². The van der Waals surface area contributed by atoms with Gasteiger partial charge in [0.05, 0.1) is 6.10 Å². The van der Waals surface area contributed by atoms with Crippen LogP contribution in [0.25, 0.3) is 0 Å². The number of alkyl halides is 1.